The van der Waals surface area contributed by atoms with E-state index in [0.717, 1.165) is 30.0 Å². The van der Waals surface area contributed by atoms with Crippen LogP contribution in [0.5, 0.6) is 5.75 Å². The summed E-state index contributed by atoms with van der Waals surface area (Å²) in [7, 11) is 1.66. The topological polar surface area (TPSA) is 66.7 Å². The summed E-state index contributed by atoms with van der Waals surface area (Å²) in [5.41, 5.74) is 7.63. The molecule has 1 aromatic carbocycles. The van der Waals surface area contributed by atoms with Gasteiger partial charge in [-0.1, -0.05) is 19.1 Å². The second-order valence-corrected chi connectivity index (χ2v) is 6.59. The van der Waals surface area contributed by atoms with E-state index >= 15 is 0 Å². The molecule has 2 N–H and O–H groups in total. The number of rotatable bonds is 5. The number of nitrogens with one attached hydrogen (secondary N) is 2. The number of benzene rings is 1. The number of hydrogen-bond acceptors (Lipinski definition) is 5. The van der Waals surface area contributed by atoms with Gasteiger partial charge in [-0.3, -0.25) is 4.79 Å². The van der Waals surface area contributed by atoms with Gasteiger partial charge in [0.15, 0.2) is 0 Å². The molecule has 1 amide bonds. The summed E-state index contributed by atoms with van der Waals surface area (Å²) < 4.78 is 11.1. The molecule has 0 bridgehead atoms. The Bertz CT molecular complexity index is 746. The number of hydrazine groups is 1. The van der Waals surface area contributed by atoms with Crippen LogP contribution in [0, 0.1) is 5.92 Å². The summed E-state index contributed by atoms with van der Waals surface area (Å²) in [6.45, 7) is 2.81. The van der Waals surface area contributed by atoms with Crippen molar-refractivity contribution >= 4 is 5.91 Å². The molecular formula is C19H23N3O3. The Hall–Kier alpha value is -2.31. The highest BCUT2D eigenvalue weighted by Crippen LogP contribution is 2.47. The zero-order valence-corrected chi connectivity index (χ0v) is 14.4. The summed E-state index contributed by atoms with van der Waals surface area (Å²) in [4.78, 5) is 14.9. The highest BCUT2D eigenvalue weighted by molar-refractivity contribution is 5.86. The maximum atomic E-state index is 12.9. The Kier molecular flexibility index (Phi) is 4.23. The minimum Gasteiger partial charge on any atom is -0.497 e. The van der Waals surface area contributed by atoms with Gasteiger partial charge in [0.1, 0.15) is 17.6 Å². The van der Waals surface area contributed by atoms with E-state index in [4.69, 9.17) is 9.15 Å². The molecule has 6 heteroatoms. The van der Waals surface area contributed by atoms with Gasteiger partial charge in [0, 0.05) is 12.5 Å². The van der Waals surface area contributed by atoms with Crippen LogP contribution in [0.1, 0.15) is 36.8 Å². The SMILES string of the molecule is CCCN1C(=O)C2NNC(c3cccc(OC)c3)C2C1c1ccco1. The quantitative estimate of drug-likeness (QED) is 0.874. The zero-order chi connectivity index (χ0) is 17.4. The Labute approximate surface area is 147 Å². The third kappa shape index (κ3) is 2.62. The number of carbonyl (C=O) groups excluding carboxylic acids is 1. The largest absolute Gasteiger partial charge is 0.497 e. The predicted octanol–water partition coefficient (Wildman–Crippen LogP) is 2.42. The van der Waals surface area contributed by atoms with E-state index in [1.54, 1.807) is 13.4 Å². The van der Waals surface area contributed by atoms with Gasteiger partial charge in [-0.15, -0.1) is 0 Å². The third-order valence-electron chi connectivity index (χ3n) is 5.17. The zero-order valence-electron chi connectivity index (χ0n) is 14.4. The predicted molar refractivity (Wildman–Crippen MR) is 92.7 cm³/mol. The molecular weight excluding hydrogens is 318 g/mol. The highest BCUT2D eigenvalue weighted by Gasteiger charge is 2.56. The molecule has 132 valence electrons. The second kappa shape index (κ2) is 6.54. The van der Waals surface area contributed by atoms with E-state index in [1.807, 2.05) is 35.2 Å². The Morgan fingerprint density at radius 1 is 1.20 bits per heavy atom. The number of hydrogen-bond donors (Lipinski definition) is 2. The van der Waals surface area contributed by atoms with Gasteiger partial charge in [0.2, 0.25) is 5.91 Å². The van der Waals surface area contributed by atoms with Crippen LogP contribution in [0.4, 0.5) is 0 Å². The normalized spacial score (nSPS) is 28.4. The number of nitrogens with zero attached hydrogens (tertiary/aromatic N) is 1. The smallest absolute Gasteiger partial charge is 0.242 e. The lowest BCUT2D eigenvalue weighted by Gasteiger charge is -2.29. The average molecular weight is 341 g/mol. The lowest BCUT2D eigenvalue weighted by atomic mass is 9.85. The average Bonchev–Trinajstić information content (AvgIpc) is 3.35. The number of amides is 1. The Morgan fingerprint density at radius 3 is 2.76 bits per heavy atom. The molecule has 6 nitrogen and oxygen atoms in total. The van der Waals surface area contributed by atoms with Crippen LogP contribution < -0.4 is 15.6 Å². The highest BCUT2D eigenvalue weighted by atomic mass is 16.5. The maximum Gasteiger partial charge on any atom is 0.242 e. The second-order valence-electron chi connectivity index (χ2n) is 6.59. The molecule has 4 rings (SSSR count). The van der Waals surface area contributed by atoms with Crippen molar-refractivity contribution in [3.63, 3.8) is 0 Å². The lowest BCUT2D eigenvalue weighted by molar-refractivity contribution is -0.131. The van der Waals surface area contributed by atoms with Gasteiger partial charge in [-0.2, -0.15) is 0 Å². The number of fused-ring (bicyclic) bond motifs is 1. The van der Waals surface area contributed by atoms with Crippen molar-refractivity contribution in [1.29, 1.82) is 0 Å². The first-order valence-corrected chi connectivity index (χ1v) is 8.73. The minimum atomic E-state index is -0.252. The summed E-state index contributed by atoms with van der Waals surface area (Å²) in [6, 6.07) is 11.5. The number of methoxy groups -OCH3 is 1. The van der Waals surface area contributed by atoms with E-state index in [0.29, 0.717) is 0 Å². The standard InChI is InChI=1S/C19H23N3O3/c1-3-9-22-18(14-8-5-10-25-14)15-16(20-21-17(15)19(22)23)12-6-4-7-13(11-12)24-2/h4-8,10-11,15-18,20-21H,3,9H2,1-2H3. The first kappa shape index (κ1) is 16.2. The molecule has 0 spiro atoms. The van der Waals surface area contributed by atoms with E-state index in [1.165, 1.54) is 0 Å². The van der Waals surface area contributed by atoms with E-state index in [9.17, 15) is 4.79 Å². The van der Waals surface area contributed by atoms with Gasteiger partial charge in [0.05, 0.1) is 25.5 Å². The molecule has 2 aliphatic rings. The van der Waals surface area contributed by atoms with Crippen molar-refractivity contribution in [3.8, 4) is 5.75 Å². The van der Waals surface area contributed by atoms with Gasteiger partial charge in [0.25, 0.3) is 0 Å². The summed E-state index contributed by atoms with van der Waals surface area (Å²) in [6.07, 6.45) is 2.59. The first-order chi connectivity index (χ1) is 12.2. The molecule has 25 heavy (non-hydrogen) atoms. The van der Waals surface area contributed by atoms with Crippen LogP contribution in [0.3, 0.4) is 0 Å². The van der Waals surface area contributed by atoms with Crippen LogP contribution in [0.2, 0.25) is 0 Å². The summed E-state index contributed by atoms with van der Waals surface area (Å²) in [5.74, 6) is 1.84. The first-order valence-electron chi connectivity index (χ1n) is 8.73. The monoisotopic (exact) mass is 341 g/mol. The fourth-order valence-corrected chi connectivity index (χ4v) is 4.11. The molecule has 1 aromatic heterocycles. The Morgan fingerprint density at radius 2 is 2.04 bits per heavy atom. The van der Waals surface area contributed by atoms with Crippen LogP contribution >= 0.6 is 0 Å². The number of carbonyl (C=O) groups is 1. The van der Waals surface area contributed by atoms with Crippen LogP contribution in [-0.4, -0.2) is 30.5 Å². The molecule has 0 radical (unpaired) electrons. The molecule has 2 fully saturated rings. The molecule has 2 saturated heterocycles. The van der Waals surface area contributed by atoms with Gasteiger partial charge >= 0.3 is 0 Å². The summed E-state index contributed by atoms with van der Waals surface area (Å²) >= 11 is 0. The van der Waals surface area contributed by atoms with Crippen molar-refractivity contribution in [2.24, 2.45) is 5.92 Å². The van der Waals surface area contributed by atoms with Gasteiger partial charge in [-0.25, -0.2) is 10.9 Å². The maximum absolute atomic E-state index is 12.9. The minimum absolute atomic E-state index is 0.000932. The van der Waals surface area contributed by atoms with Gasteiger partial charge in [-0.05, 0) is 36.2 Å². The number of ether oxygens (including phenoxy) is 1. The molecule has 3 heterocycles. The van der Waals surface area contributed by atoms with Crippen molar-refractivity contribution in [3.05, 3.63) is 54.0 Å². The van der Waals surface area contributed by atoms with Crippen molar-refractivity contribution in [1.82, 2.24) is 15.8 Å². The number of furan rings is 1. The molecule has 4 atom stereocenters. The third-order valence-corrected chi connectivity index (χ3v) is 5.17. The van der Waals surface area contributed by atoms with Gasteiger partial charge < -0.3 is 14.1 Å². The fourth-order valence-electron chi connectivity index (χ4n) is 4.11. The fraction of sp³-hybridized carbons (Fsp3) is 0.421. The van der Waals surface area contributed by atoms with Crippen molar-refractivity contribution in [2.75, 3.05) is 13.7 Å². The van der Waals surface area contributed by atoms with Crippen molar-refractivity contribution in [2.45, 2.75) is 31.5 Å². The van der Waals surface area contributed by atoms with Crippen LogP contribution in [-0.2, 0) is 4.79 Å². The van der Waals surface area contributed by atoms with Crippen LogP contribution in [0.15, 0.2) is 47.1 Å². The Balaban J connectivity index is 1.73. The molecule has 2 aliphatic heterocycles. The van der Waals surface area contributed by atoms with E-state index in [-0.39, 0.29) is 30.0 Å². The number of likely N-dealkylation sites (tertiary alicyclic amines) is 1. The lowest BCUT2D eigenvalue weighted by Crippen LogP contribution is -2.41. The summed E-state index contributed by atoms with van der Waals surface area (Å²) in [5, 5.41) is 0. The van der Waals surface area contributed by atoms with Crippen molar-refractivity contribution < 1.29 is 13.9 Å². The molecule has 4 unspecified atom stereocenters. The van der Waals surface area contributed by atoms with E-state index < -0.39 is 0 Å². The molecule has 2 aromatic rings. The molecule has 0 saturated carbocycles. The van der Waals surface area contributed by atoms with Crippen LogP contribution in [0.25, 0.3) is 0 Å². The molecule has 0 aliphatic carbocycles. The van der Waals surface area contributed by atoms with E-state index in [2.05, 4.69) is 23.8 Å².